The monoisotopic (exact) mass is 282 g/mol. The summed E-state index contributed by atoms with van der Waals surface area (Å²) in [6.07, 6.45) is 5.00. The molecule has 0 saturated carbocycles. The van der Waals surface area contributed by atoms with Crippen LogP contribution in [0.2, 0.25) is 10.0 Å². The number of carbonyl (C=O) groups excluding carboxylic acids is 1. The number of rotatable bonds is 2. The summed E-state index contributed by atoms with van der Waals surface area (Å²) >= 11 is 11.8. The molecule has 0 aliphatic carbocycles. The Kier molecular flexibility index (Phi) is 3.51. The molecule has 1 aliphatic heterocycles. The standard InChI is InChI=1S/C14H12Cl2O2/c1-14(2)13(17)8-11(18-14)6-4-9-3-5-10(15)7-12(9)16/h3-8H,1-2H3. The summed E-state index contributed by atoms with van der Waals surface area (Å²) in [6, 6.07) is 5.23. The summed E-state index contributed by atoms with van der Waals surface area (Å²) in [7, 11) is 0. The molecule has 0 radical (unpaired) electrons. The summed E-state index contributed by atoms with van der Waals surface area (Å²) in [5.41, 5.74) is 0.0476. The van der Waals surface area contributed by atoms with Crippen molar-refractivity contribution in [1.29, 1.82) is 0 Å². The second kappa shape index (κ2) is 4.79. The van der Waals surface area contributed by atoms with Crippen LogP contribution in [-0.2, 0) is 9.53 Å². The maximum absolute atomic E-state index is 11.6. The predicted octanol–water partition coefficient (Wildman–Crippen LogP) is 4.27. The van der Waals surface area contributed by atoms with Crippen molar-refractivity contribution in [2.75, 3.05) is 0 Å². The Balaban J connectivity index is 2.18. The molecule has 1 aromatic rings. The van der Waals surface area contributed by atoms with Crippen LogP contribution in [0.1, 0.15) is 19.4 Å². The second-order valence-corrected chi connectivity index (χ2v) is 5.37. The van der Waals surface area contributed by atoms with E-state index in [1.807, 2.05) is 6.07 Å². The van der Waals surface area contributed by atoms with Crippen molar-refractivity contribution >= 4 is 35.1 Å². The summed E-state index contributed by atoms with van der Waals surface area (Å²) < 4.78 is 5.50. The Hall–Kier alpha value is -1.25. The summed E-state index contributed by atoms with van der Waals surface area (Å²) in [5, 5.41) is 1.15. The van der Waals surface area contributed by atoms with E-state index in [0.717, 1.165) is 5.56 Å². The molecule has 2 rings (SSSR count). The summed E-state index contributed by atoms with van der Waals surface area (Å²) in [6.45, 7) is 3.48. The number of allylic oxidation sites excluding steroid dienone is 1. The van der Waals surface area contributed by atoms with Crippen LogP contribution in [0, 0.1) is 0 Å². The lowest BCUT2D eigenvalue weighted by Crippen LogP contribution is -2.27. The van der Waals surface area contributed by atoms with E-state index in [9.17, 15) is 4.79 Å². The maximum atomic E-state index is 11.6. The average Bonchev–Trinajstić information content (AvgIpc) is 2.51. The van der Waals surface area contributed by atoms with Crippen molar-refractivity contribution in [3.63, 3.8) is 0 Å². The quantitative estimate of drug-likeness (QED) is 0.810. The van der Waals surface area contributed by atoms with E-state index in [0.29, 0.717) is 15.8 Å². The topological polar surface area (TPSA) is 26.3 Å². The zero-order chi connectivity index (χ0) is 13.3. The van der Waals surface area contributed by atoms with Gasteiger partial charge < -0.3 is 4.74 Å². The van der Waals surface area contributed by atoms with Gasteiger partial charge in [-0.15, -0.1) is 0 Å². The van der Waals surface area contributed by atoms with E-state index < -0.39 is 5.60 Å². The first-order valence-corrected chi connectivity index (χ1v) is 6.22. The SMILES string of the molecule is CC1(C)OC(C=Cc2ccc(Cl)cc2Cl)=CC1=O. The first kappa shape index (κ1) is 13.2. The molecule has 94 valence electrons. The molecule has 0 saturated heterocycles. The maximum Gasteiger partial charge on any atom is 0.202 e. The number of benzene rings is 1. The molecule has 0 aromatic heterocycles. The van der Waals surface area contributed by atoms with Crippen molar-refractivity contribution in [2.24, 2.45) is 0 Å². The molecule has 4 heteroatoms. The number of hydrogen-bond donors (Lipinski definition) is 0. The van der Waals surface area contributed by atoms with E-state index >= 15 is 0 Å². The highest BCUT2D eigenvalue weighted by Crippen LogP contribution is 2.27. The fraction of sp³-hybridized carbons (Fsp3) is 0.214. The fourth-order valence-corrected chi connectivity index (χ4v) is 2.04. The molecule has 1 heterocycles. The van der Waals surface area contributed by atoms with Crippen LogP contribution < -0.4 is 0 Å². The normalized spacial score (nSPS) is 18.0. The van der Waals surface area contributed by atoms with Crippen LogP contribution in [0.3, 0.4) is 0 Å². The van der Waals surface area contributed by atoms with E-state index in [1.165, 1.54) is 6.08 Å². The van der Waals surface area contributed by atoms with Gasteiger partial charge in [-0.2, -0.15) is 0 Å². The second-order valence-electron chi connectivity index (χ2n) is 4.52. The largest absolute Gasteiger partial charge is 0.480 e. The molecule has 1 aromatic carbocycles. The molecule has 0 atom stereocenters. The Labute approximate surface area is 116 Å². The minimum absolute atomic E-state index is 0.0376. The van der Waals surface area contributed by atoms with Gasteiger partial charge in [-0.25, -0.2) is 0 Å². The third-order valence-corrected chi connectivity index (χ3v) is 3.19. The fourth-order valence-electron chi connectivity index (χ4n) is 1.57. The number of hydrogen-bond acceptors (Lipinski definition) is 2. The Morgan fingerprint density at radius 2 is 1.94 bits per heavy atom. The van der Waals surface area contributed by atoms with E-state index in [2.05, 4.69) is 0 Å². The number of halogens is 2. The van der Waals surface area contributed by atoms with Crippen LogP contribution in [0.4, 0.5) is 0 Å². The van der Waals surface area contributed by atoms with Crippen LogP contribution in [0.15, 0.2) is 36.1 Å². The average molecular weight is 283 g/mol. The molecular formula is C14H12Cl2O2. The highest BCUT2D eigenvalue weighted by Gasteiger charge is 2.33. The number of ketones is 1. The van der Waals surface area contributed by atoms with Crippen LogP contribution in [0.25, 0.3) is 6.08 Å². The van der Waals surface area contributed by atoms with Gasteiger partial charge in [-0.05, 0) is 43.7 Å². The zero-order valence-electron chi connectivity index (χ0n) is 10.0. The van der Waals surface area contributed by atoms with Crippen molar-refractivity contribution in [3.8, 4) is 0 Å². The predicted molar refractivity (Wildman–Crippen MR) is 73.8 cm³/mol. The number of ether oxygens (including phenoxy) is 1. The third-order valence-electron chi connectivity index (χ3n) is 2.63. The van der Waals surface area contributed by atoms with Crippen LogP contribution >= 0.6 is 23.2 Å². The highest BCUT2D eigenvalue weighted by molar-refractivity contribution is 6.35. The van der Waals surface area contributed by atoms with Gasteiger partial charge in [0.25, 0.3) is 0 Å². The van der Waals surface area contributed by atoms with Crippen molar-refractivity contribution < 1.29 is 9.53 Å². The minimum atomic E-state index is -0.774. The third kappa shape index (κ3) is 2.77. The smallest absolute Gasteiger partial charge is 0.202 e. The van der Waals surface area contributed by atoms with E-state index in [1.54, 1.807) is 38.1 Å². The molecule has 0 spiro atoms. The Morgan fingerprint density at radius 3 is 2.50 bits per heavy atom. The molecule has 18 heavy (non-hydrogen) atoms. The summed E-state index contributed by atoms with van der Waals surface area (Å²) in [5.74, 6) is 0.500. The molecular weight excluding hydrogens is 271 g/mol. The lowest BCUT2D eigenvalue weighted by Gasteiger charge is -2.16. The molecule has 2 nitrogen and oxygen atoms in total. The molecule has 0 unspecified atom stereocenters. The van der Waals surface area contributed by atoms with E-state index in [-0.39, 0.29) is 5.78 Å². The zero-order valence-corrected chi connectivity index (χ0v) is 11.5. The first-order chi connectivity index (χ1) is 8.38. The summed E-state index contributed by atoms with van der Waals surface area (Å²) in [4.78, 5) is 11.6. The lowest BCUT2D eigenvalue weighted by molar-refractivity contribution is -0.126. The van der Waals surface area contributed by atoms with Gasteiger partial charge in [-0.1, -0.05) is 29.3 Å². The van der Waals surface area contributed by atoms with Crippen molar-refractivity contribution in [1.82, 2.24) is 0 Å². The van der Waals surface area contributed by atoms with Gasteiger partial charge in [0.2, 0.25) is 5.78 Å². The molecule has 1 aliphatic rings. The Morgan fingerprint density at radius 1 is 1.22 bits per heavy atom. The molecule has 0 N–H and O–H groups in total. The van der Waals surface area contributed by atoms with Crippen molar-refractivity contribution in [3.05, 3.63) is 51.7 Å². The minimum Gasteiger partial charge on any atom is -0.480 e. The van der Waals surface area contributed by atoms with Gasteiger partial charge in [-0.3, -0.25) is 4.79 Å². The van der Waals surface area contributed by atoms with Gasteiger partial charge >= 0.3 is 0 Å². The molecule has 0 fully saturated rings. The highest BCUT2D eigenvalue weighted by atomic mass is 35.5. The molecule has 0 bridgehead atoms. The molecule has 0 amide bonds. The Bertz CT molecular complexity index is 557. The van der Waals surface area contributed by atoms with Crippen LogP contribution in [0.5, 0.6) is 0 Å². The van der Waals surface area contributed by atoms with Gasteiger partial charge in [0.05, 0.1) is 0 Å². The van der Waals surface area contributed by atoms with Crippen molar-refractivity contribution in [2.45, 2.75) is 19.4 Å². The van der Waals surface area contributed by atoms with Crippen LogP contribution in [-0.4, -0.2) is 11.4 Å². The number of carbonyl (C=O) groups is 1. The van der Waals surface area contributed by atoms with Gasteiger partial charge in [0, 0.05) is 16.1 Å². The van der Waals surface area contributed by atoms with Gasteiger partial charge in [0.15, 0.2) is 5.60 Å². The van der Waals surface area contributed by atoms with Gasteiger partial charge in [0.1, 0.15) is 5.76 Å². The van der Waals surface area contributed by atoms with E-state index in [4.69, 9.17) is 27.9 Å². The first-order valence-electron chi connectivity index (χ1n) is 5.47. The lowest BCUT2D eigenvalue weighted by atomic mass is 10.1.